The van der Waals surface area contributed by atoms with Crippen molar-refractivity contribution in [1.82, 2.24) is 9.78 Å². The van der Waals surface area contributed by atoms with Gasteiger partial charge in [0.25, 0.3) is 0 Å². The molecule has 1 atom stereocenters. The molecule has 4 heteroatoms. The van der Waals surface area contributed by atoms with Gasteiger partial charge in [-0.3, -0.25) is 0 Å². The van der Waals surface area contributed by atoms with Crippen molar-refractivity contribution in [1.29, 1.82) is 0 Å². The minimum atomic E-state index is 0.431. The second kappa shape index (κ2) is 4.20. The number of aromatic nitrogens is 2. The van der Waals surface area contributed by atoms with E-state index in [0.717, 1.165) is 15.1 Å². The van der Waals surface area contributed by atoms with Gasteiger partial charge in [-0.1, -0.05) is 20.3 Å². The highest BCUT2D eigenvalue weighted by molar-refractivity contribution is 14.1. The van der Waals surface area contributed by atoms with Crippen LogP contribution in [-0.2, 0) is 0 Å². The standard InChI is InChI=1S/C12H20IN3/c1-8-10(13)11(14)16(15-8)9-5-4-6-12(2,3)7-9/h9H,4-7,14H2,1-3H3. The molecule has 90 valence electrons. The van der Waals surface area contributed by atoms with Crippen molar-refractivity contribution in [2.75, 3.05) is 5.73 Å². The third kappa shape index (κ3) is 2.21. The van der Waals surface area contributed by atoms with Crippen molar-refractivity contribution in [2.24, 2.45) is 5.41 Å². The maximum atomic E-state index is 6.12. The number of aryl methyl sites for hydroxylation is 1. The first-order valence-corrected chi connectivity index (χ1v) is 6.99. The molecule has 1 aliphatic rings. The second-order valence-corrected chi connectivity index (χ2v) is 6.72. The van der Waals surface area contributed by atoms with E-state index in [0.29, 0.717) is 11.5 Å². The number of hydrogen-bond donors (Lipinski definition) is 1. The molecule has 1 unspecified atom stereocenters. The Bertz CT molecular complexity index is 395. The number of halogens is 1. The quantitative estimate of drug-likeness (QED) is 0.799. The largest absolute Gasteiger partial charge is 0.383 e. The Labute approximate surface area is 111 Å². The number of rotatable bonds is 1. The molecule has 1 saturated carbocycles. The Morgan fingerprint density at radius 1 is 1.50 bits per heavy atom. The molecule has 3 nitrogen and oxygen atoms in total. The summed E-state index contributed by atoms with van der Waals surface area (Å²) in [5.41, 5.74) is 7.60. The fraction of sp³-hybridized carbons (Fsp3) is 0.750. The molecule has 1 aromatic rings. The van der Waals surface area contributed by atoms with E-state index in [-0.39, 0.29) is 0 Å². The van der Waals surface area contributed by atoms with Gasteiger partial charge in [0.15, 0.2) is 0 Å². The number of anilines is 1. The predicted octanol–water partition coefficient (Wildman–Crippen LogP) is 3.52. The van der Waals surface area contributed by atoms with E-state index in [1.807, 2.05) is 6.92 Å². The summed E-state index contributed by atoms with van der Waals surface area (Å²) in [6.45, 7) is 6.72. The predicted molar refractivity (Wildman–Crippen MR) is 75.4 cm³/mol. The van der Waals surface area contributed by atoms with E-state index in [4.69, 9.17) is 5.73 Å². The van der Waals surface area contributed by atoms with Crippen molar-refractivity contribution < 1.29 is 0 Å². The zero-order chi connectivity index (χ0) is 11.9. The van der Waals surface area contributed by atoms with Crippen molar-refractivity contribution in [3.63, 3.8) is 0 Å². The summed E-state index contributed by atoms with van der Waals surface area (Å²) in [7, 11) is 0. The Balaban J connectivity index is 2.27. The van der Waals surface area contributed by atoms with Gasteiger partial charge in [-0.2, -0.15) is 5.10 Å². The lowest BCUT2D eigenvalue weighted by molar-refractivity contribution is 0.176. The van der Waals surface area contributed by atoms with Gasteiger partial charge in [0, 0.05) is 0 Å². The van der Waals surface area contributed by atoms with Crippen LogP contribution in [0.15, 0.2) is 0 Å². The molecule has 1 fully saturated rings. The van der Waals surface area contributed by atoms with Gasteiger partial charge >= 0.3 is 0 Å². The normalized spacial score (nSPS) is 24.6. The maximum Gasteiger partial charge on any atom is 0.135 e. The highest BCUT2D eigenvalue weighted by Gasteiger charge is 2.30. The van der Waals surface area contributed by atoms with E-state index >= 15 is 0 Å². The summed E-state index contributed by atoms with van der Waals surface area (Å²) in [5, 5.41) is 4.58. The summed E-state index contributed by atoms with van der Waals surface area (Å²) in [5.74, 6) is 0.848. The van der Waals surface area contributed by atoms with Crippen LogP contribution in [0, 0.1) is 15.9 Å². The first-order valence-electron chi connectivity index (χ1n) is 5.91. The Morgan fingerprint density at radius 3 is 2.69 bits per heavy atom. The molecular formula is C12H20IN3. The van der Waals surface area contributed by atoms with Gasteiger partial charge in [-0.25, -0.2) is 4.68 Å². The van der Waals surface area contributed by atoms with E-state index < -0.39 is 0 Å². The monoisotopic (exact) mass is 333 g/mol. The Hall–Kier alpha value is -0.260. The number of nitrogens with zero attached hydrogens (tertiary/aromatic N) is 2. The smallest absolute Gasteiger partial charge is 0.135 e. The SMILES string of the molecule is Cc1nn(C2CCCC(C)(C)C2)c(N)c1I. The van der Waals surface area contributed by atoms with Crippen LogP contribution in [0.2, 0.25) is 0 Å². The van der Waals surface area contributed by atoms with Crippen LogP contribution >= 0.6 is 22.6 Å². The molecule has 2 N–H and O–H groups in total. The lowest BCUT2D eigenvalue weighted by atomic mass is 9.75. The number of nitrogens with two attached hydrogens (primary N) is 1. The topological polar surface area (TPSA) is 43.8 Å². The highest BCUT2D eigenvalue weighted by Crippen LogP contribution is 2.41. The molecule has 1 heterocycles. The maximum absolute atomic E-state index is 6.12. The Morgan fingerprint density at radius 2 is 2.19 bits per heavy atom. The minimum Gasteiger partial charge on any atom is -0.383 e. The van der Waals surface area contributed by atoms with Crippen molar-refractivity contribution in [3.8, 4) is 0 Å². The molecule has 0 bridgehead atoms. The molecule has 1 aliphatic carbocycles. The Kier molecular flexibility index (Phi) is 3.20. The van der Waals surface area contributed by atoms with Crippen LogP contribution in [0.25, 0.3) is 0 Å². The molecule has 16 heavy (non-hydrogen) atoms. The molecule has 0 spiro atoms. The second-order valence-electron chi connectivity index (χ2n) is 5.64. The first-order chi connectivity index (χ1) is 7.41. The van der Waals surface area contributed by atoms with Gasteiger partial charge < -0.3 is 5.73 Å². The minimum absolute atomic E-state index is 0.431. The molecule has 0 aromatic carbocycles. The van der Waals surface area contributed by atoms with Crippen molar-refractivity contribution >= 4 is 28.4 Å². The highest BCUT2D eigenvalue weighted by atomic mass is 127. The molecule has 0 saturated heterocycles. The van der Waals surface area contributed by atoms with Gasteiger partial charge in [0.05, 0.1) is 15.3 Å². The average Bonchev–Trinajstić information content (AvgIpc) is 2.45. The molecule has 0 radical (unpaired) electrons. The van der Waals surface area contributed by atoms with Crippen molar-refractivity contribution in [3.05, 3.63) is 9.26 Å². The fourth-order valence-corrected chi connectivity index (χ4v) is 3.05. The van der Waals surface area contributed by atoms with E-state index in [1.54, 1.807) is 0 Å². The average molecular weight is 333 g/mol. The van der Waals surface area contributed by atoms with E-state index in [9.17, 15) is 0 Å². The van der Waals surface area contributed by atoms with Crippen LogP contribution in [0.3, 0.4) is 0 Å². The summed E-state index contributed by atoms with van der Waals surface area (Å²) in [4.78, 5) is 0. The zero-order valence-corrected chi connectivity index (χ0v) is 12.4. The lowest BCUT2D eigenvalue weighted by Crippen LogP contribution is -2.26. The van der Waals surface area contributed by atoms with Crippen LogP contribution in [-0.4, -0.2) is 9.78 Å². The molecule has 1 aromatic heterocycles. The summed E-state index contributed by atoms with van der Waals surface area (Å²) in [6, 6.07) is 0.492. The van der Waals surface area contributed by atoms with E-state index in [2.05, 4.69) is 46.2 Å². The first kappa shape index (κ1) is 12.2. The van der Waals surface area contributed by atoms with Crippen LogP contribution in [0.4, 0.5) is 5.82 Å². The lowest BCUT2D eigenvalue weighted by Gasteiger charge is -2.35. The number of hydrogen-bond acceptors (Lipinski definition) is 2. The van der Waals surface area contributed by atoms with Gasteiger partial charge in [0.2, 0.25) is 0 Å². The van der Waals surface area contributed by atoms with E-state index in [1.165, 1.54) is 25.7 Å². The van der Waals surface area contributed by atoms with Crippen LogP contribution in [0.5, 0.6) is 0 Å². The third-order valence-electron chi connectivity index (χ3n) is 3.57. The molecule has 0 amide bonds. The van der Waals surface area contributed by atoms with Gasteiger partial charge in [-0.05, 0) is 54.2 Å². The summed E-state index contributed by atoms with van der Waals surface area (Å²) >= 11 is 2.29. The third-order valence-corrected chi connectivity index (χ3v) is 4.91. The van der Waals surface area contributed by atoms with Gasteiger partial charge in [0.1, 0.15) is 5.82 Å². The molecular weight excluding hydrogens is 313 g/mol. The molecule has 2 rings (SSSR count). The summed E-state index contributed by atoms with van der Waals surface area (Å²) in [6.07, 6.45) is 5.01. The van der Waals surface area contributed by atoms with Crippen molar-refractivity contribution in [2.45, 2.75) is 52.5 Å². The van der Waals surface area contributed by atoms with Gasteiger partial charge in [-0.15, -0.1) is 0 Å². The van der Waals surface area contributed by atoms with Crippen LogP contribution < -0.4 is 5.73 Å². The van der Waals surface area contributed by atoms with Crippen LogP contribution in [0.1, 0.15) is 51.3 Å². The zero-order valence-electron chi connectivity index (χ0n) is 10.3. The summed E-state index contributed by atoms with van der Waals surface area (Å²) < 4.78 is 3.17. The molecule has 0 aliphatic heterocycles. The fourth-order valence-electron chi connectivity index (χ4n) is 2.69. The number of nitrogen functional groups attached to an aromatic ring is 1.